The molecule has 0 aliphatic rings. The normalized spacial score (nSPS) is 11.1. The van der Waals surface area contributed by atoms with E-state index in [1.807, 2.05) is 11.9 Å². The van der Waals surface area contributed by atoms with Crippen molar-refractivity contribution in [1.29, 1.82) is 0 Å². The number of hydrogen-bond donors (Lipinski definition) is 1. The van der Waals surface area contributed by atoms with Gasteiger partial charge in [-0.05, 0) is 12.3 Å². The molecule has 14 heavy (non-hydrogen) atoms. The summed E-state index contributed by atoms with van der Waals surface area (Å²) in [6.45, 7) is 5.22. The van der Waals surface area contributed by atoms with E-state index in [1.54, 1.807) is 0 Å². The maximum absolute atomic E-state index is 11.1. The summed E-state index contributed by atoms with van der Waals surface area (Å²) in [4.78, 5) is 13.0. The van der Waals surface area contributed by atoms with Crippen LogP contribution >= 0.6 is 12.2 Å². The first kappa shape index (κ1) is 11.2. The van der Waals surface area contributed by atoms with E-state index in [2.05, 4.69) is 13.8 Å². The molecule has 0 saturated carbocycles. The lowest BCUT2D eigenvalue weighted by Crippen LogP contribution is -2.28. The molecule has 0 aliphatic heterocycles. The van der Waals surface area contributed by atoms with Crippen molar-refractivity contribution in [2.45, 2.75) is 20.3 Å². The number of nitrogen functional groups attached to an aromatic ring is 1. The van der Waals surface area contributed by atoms with Gasteiger partial charge in [-0.15, -0.1) is 0 Å². The molecule has 0 bridgehead atoms. The zero-order chi connectivity index (χ0) is 10.9. The van der Waals surface area contributed by atoms with E-state index in [1.165, 1.54) is 0 Å². The Morgan fingerprint density at radius 1 is 1.50 bits per heavy atom. The minimum atomic E-state index is -0.175. The van der Waals surface area contributed by atoms with Crippen molar-refractivity contribution in [3.63, 3.8) is 0 Å². The summed E-state index contributed by atoms with van der Waals surface area (Å²) >= 11 is 4.93. The zero-order valence-electron chi connectivity index (χ0n) is 8.83. The Bertz CT molecular complexity index is 391. The number of hydrogen-bond acceptors (Lipinski definition) is 4. The molecule has 1 aromatic carbocycles. The summed E-state index contributed by atoms with van der Waals surface area (Å²) in [6.07, 6.45) is 1.07. The van der Waals surface area contributed by atoms with Gasteiger partial charge in [0.05, 0.1) is 5.69 Å². The topological polar surface area (TPSA) is 46.3 Å². The van der Waals surface area contributed by atoms with Crippen LogP contribution in [0.4, 0.5) is 11.4 Å². The molecule has 1 rings (SSSR count). The average Bonchev–Trinajstić information content (AvgIpc) is 2.14. The van der Waals surface area contributed by atoms with Crippen LogP contribution in [0.5, 0.6) is 0 Å². The molecule has 0 spiro atoms. The molecule has 0 aliphatic carbocycles. The summed E-state index contributed by atoms with van der Waals surface area (Å²) in [7, 11) is 1.92. The van der Waals surface area contributed by atoms with Crippen molar-refractivity contribution in [2.24, 2.45) is 5.92 Å². The van der Waals surface area contributed by atoms with Crippen LogP contribution < -0.4 is 16.1 Å². The molecular weight excluding hydrogens is 196 g/mol. The Labute approximate surface area is 89.2 Å². The highest BCUT2D eigenvalue weighted by Gasteiger charge is 2.17. The second-order valence-corrected chi connectivity index (χ2v) is 4.43. The SMILES string of the molecule is CC(C)CCN(C)c1c(N)c(=O)c1=S. The van der Waals surface area contributed by atoms with Crippen molar-refractivity contribution >= 4 is 23.6 Å². The van der Waals surface area contributed by atoms with Gasteiger partial charge in [-0.1, -0.05) is 26.1 Å². The highest BCUT2D eigenvalue weighted by atomic mass is 32.1. The van der Waals surface area contributed by atoms with Crippen LogP contribution in [-0.4, -0.2) is 13.6 Å². The monoisotopic (exact) mass is 212 g/mol. The smallest absolute Gasteiger partial charge is 0.223 e. The zero-order valence-corrected chi connectivity index (χ0v) is 9.65. The van der Waals surface area contributed by atoms with Crippen LogP contribution in [0.25, 0.3) is 0 Å². The summed E-state index contributed by atoms with van der Waals surface area (Å²) in [6, 6.07) is 0. The molecule has 0 radical (unpaired) electrons. The lowest BCUT2D eigenvalue weighted by Gasteiger charge is -2.23. The molecule has 0 fully saturated rings. The van der Waals surface area contributed by atoms with E-state index >= 15 is 0 Å². The minimum absolute atomic E-state index is 0.175. The minimum Gasteiger partial charge on any atom is -0.394 e. The second kappa shape index (κ2) is 4.09. The Hall–Kier alpha value is -0.900. The molecule has 0 saturated heterocycles. The van der Waals surface area contributed by atoms with Gasteiger partial charge in [-0.2, -0.15) is 0 Å². The lowest BCUT2D eigenvalue weighted by atomic mass is 10.1. The molecule has 0 aromatic heterocycles. The van der Waals surface area contributed by atoms with Gasteiger partial charge in [0.1, 0.15) is 10.2 Å². The van der Waals surface area contributed by atoms with Gasteiger partial charge in [-0.3, -0.25) is 4.79 Å². The third kappa shape index (κ3) is 1.95. The predicted molar refractivity (Wildman–Crippen MR) is 63.1 cm³/mol. The molecule has 3 nitrogen and oxygen atoms in total. The van der Waals surface area contributed by atoms with E-state index in [-0.39, 0.29) is 5.43 Å². The molecule has 1 aromatic rings. The number of rotatable bonds is 4. The van der Waals surface area contributed by atoms with Crippen LogP contribution in [0.3, 0.4) is 0 Å². The molecular formula is C10H16N2OS. The van der Waals surface area contributed by atoms with Crippen molar-refractivity contribution in [1.82, 2.24) is 0 Å². The maximum Gasteiger partial charge on any atom is 0.223 e. The van der Waals surface area contributed by atoms with E-state index in [9.17, 15) is 4.79 Å². The van der Waals surface area contributed by atoms with Gasteiger partial charge < -0.3 is 10.6 Å². The lowest BCUT2D eigenvalue weighted by molar-refractivity contribution is 0.585. The van der Waals surface area contributed by atoms with Crippen LogP contribution in [0.15, 0.2) is 4.79 Å². The van der Waals surface area contributed by atoms with E-state index in [0.29, 0.717) is 16.1 Å². The largest absolute Gasteiger partial charge is 0.394 e. The van der Waals surface area contributed by atoms with Gasteiger partial charge in [0.15, 0.2) is 0 Å². The first-order chi connectivity index (χ1) is 6.45. The van der Waals surface area contributed by atoms with Crippen LogP contribution in [0.1, 0.15) is 20.3 Å². The van der Waals surface area contributed by atoms with E-state index in [4.69, 9.17) is 18.0 Å². The fourth-order valence-electron chi connectivity index (χ4n) is 1.34. The first-order valence-electron chi connectivity index (χ1n) is 4.75. The second-order valence-electron chi connectivity index (χ2n) is 4.02. The van der Waals surface area contributed by atoms with Crippen molar-refractivity contribution < 1.29 is 0 Å². The third-order valence-electron chi connectivity index (χ3n) is 2.34. The number of anilines is 2. The van der Waals surface area contributed by atoms with E-state index in [0.717, 1.165) is 18.7 Å². The fraction of sp³-hybridized carbons (Fsp3) is 0.600. The van der Waals surface area contributed by atoms with Gasteiger partial charge in [0, 0.05) is 13.6 Å². The Kier molecular flexibility index (Phi) is 3.26. The quantitative estimate of drug-likeness (QED) is 0.772. The molecule has 0 heterocycles. The molecule has 0 unspecified atom stereocenters. The van der Waals surface area contributed by atoms with Crippen molar-refractivity contribution in [3.05, 3.63) is 14.7 Å². The summed E-state index contributed by atoms with van der Waals surface area (Å²) in [5.74, 6) is 0.642. The van der Waals surface area contributed by atoms with Gasteiger partial charge in [-0.25, -0.2) is 0 Å². The van der Waals surface area contributed by atoms with Crippen molar-refractivity contribution in [2.75, 3.05) is 24.2 Å². The molecule has 2 N–H and O–H groups in total. The summed E-state index contributed by atoms with van der Waals surface area (Å²) in [5, 5.41) is 0. The predicted octanol–water partition coefficient (Wildman–Crippen LogP) is 1.72. The number of nitrogens with two attached hydrogens (primary N) is 1. The van der Waals surface area contributed by atoms with Crippen LogP contribution in [-0.2, 0) is 0 Å². The van der Waals surface area contributed by atoms with Crippen LogP contribution in [0, 0.1) is 10.4 Å². The molecule has 78 valence electrons. The molecule has 0 amide bonds. The summed E-state index contributed by atoms with van der Waals surface area (Å²) < 4.78 is 0.383. The average molecular weight is 212 g/mol. The van der Waals surface area contributed by atoms with Gasteiger partial charge in [0.2, 0.25) is 5.43 Å². The summed E-state index contributed by atoms with van der Waals surface area (Å²) in [5.41, 5.74) is 6.47. The van der Waals surface area contributed by atoms with Crippen molar-refractivity contribution in [3.8, 4) is 0 Å². The number of nitrogens with zero attached hydrogens (tertiary/aromatic N) is 1. The highest BCUT2D eigenvalue weighted by Crippen LogP contribution is 2.23. The third-order valence-corrected chi connectivity index (χ3v) is 2.72. The van der Waals surface area contributed by atoms with Gasteiger partial charge in [0.25, 0.3) is 0 Å². The van der Waals surface area contributed by atoms with Crippen LogP contribution in [0.2, 0.25) is 0 Å². The fourth-order valence-corrected chi connectivity index (χ4v) is 1.72. The standard InChI is InChI=1S/C10H16N2OS/c1-6(2)4-5-12(3)8-7(11)9(13)10(8)14/h6H,4-5,11H2,1-3H3. The maximum atomic E-state index is 11.1. The Balaban J connectivity index is 2.68. The van der Waals surface area contributed by atoms with Gasteiger partial charge >= 0.3 is 0 Å². The Morgan fingerprint density at radius 2 is 2.07 bits per heavy atom. The Morgan fingerprint density at radius 3 is 2.50 bits per heavy atom. The van der Waals surface area contributed by atoms with E-state index < -0.39 is 0 Å². The molecule has 0 atom stereocenters. The first-order valence-corrected chi connectivity index (χ1v) is 5.16. The highest BCUT2D eigenvalue weighted by molar-refractivity contribution is 7.71. The molecule has 4 heteroatoms.